The summed E-state index contributed by atoms with van der Waals surface area (Å²) >= 11 is 0. The van der Waals surface area contributed by atoms with E-state index in [1.165, 1.54) is 0 Å². The van der Waals surface area contributed by atoms with Crippen LogP contribution >= 0.6 is 0 Å². The van der Waals surface area contributed by atoms with Gasteiger partial charge in [-0.05, 0) is 23.3 Å². The van der Waals surface area contributed by atoms with E-state index >= 15 is 0 Å². The normalized spacial score (nSPS) is 11.4. The molecule has 0 radical (unpaired) electrons. The zero-order valence-corrected chi connectivity index (χ0v) is 11.1. The average Bonchev–Trinajstić information content (AvgIpc) is 2.52. The summed E-state index contributed by atoms with van der Waals surface area (Å²) < 4.78 is 10.9. The number of nitriles is 1. The third kappa shape index (κ3) is 3.28. The van der Waals surface area contributed by atoms with Gasteiger partial charge in [0.05, 0.1) is 13.2 Å². The van der Waals surface area contributed by atoms with Gasteiger partial charge in [-0.1, -0.05) is 36.4 Å². The Kier molecular flexibility index (Phi) is 4.59. The molecule has 0 amide bonds. The summed E-state index contributed by atoms with van der Waals surface area (Å²) in [5.41, 5.74) is 1.51. The van der Waals surface area contributed by atoms with Crippen LogP contribution in [0.4, 0.5) is 0 Å². The van der Waals surface area contributed by atoms with Crippen LogP contribution in [0.5, 0.6) is 11.5 Å². The molecule has 0 saturated carbocycles. The quantitative estimate of drug-likeness (QED) is 0.848. The molecule has 20 heavy (non-hydrogen) atoms. The minimum absolute atomic E-state index is 0.392. The van der Waals surface area contributed by atoms with E-state index in [-0.39, 0.29) is 0 Å². The highest BCUT2D eigenvalue weighted by Crippen LogP contribution is 2.30. The Labute approximate surface area is 117 Å². The second kappa shape index (κ2) is 6.60. The van der Waals surface area contributed by atoms with Gasteiger partial charge in [-0.3, -0.25) is 0 Å². The average molecular weight is 269 g/mol. The van der Waals surface area contributed by atoms with Gasteiger partial charge in [0, 0.05) is 0 Å². The van der Waals surface area contributed by atoms with E-state index in [1.54, 1.807) is 31.4 Å². The maximum absolute atomic E-state index is 9.55. The number of nitrogens with zero attached hydrogens (tertiary/aromatic N) is 1. The summed E-state index contributed by atoms with van der Waals surface area (Å²) in [5, 5.41) is 18.3. The second-order valence-corrected chi connectivity index (χ2v) is 4.22. The van der Waals surface area contributed by atoms with Crippen molar-refractivity contribution in [3.8, 4) is 17.6 Å². The lowest BCUT2D eigenvalue weighted by molar-refractivity contribution is 0.233. The molecular formula is C16H15NO3. The van der Waals surface area contributed by atoms with Crippen LogP contribution in [0.1, 0.15) is 17.2 Å². The van der Waals surface area contributed by atoms with Gasteiger partial charge >= 0.3 is 0 Å². The zero-order valence-electron chi connectivity index (χ0n) is 11.1. The van der Waals surface area contributed by atoms with Gasteiger partial charge in [-0.15, -0.1) is 0 Å². The van der Waals surface area contributed by atoms with Gasteiger partial charge < -0.3 is 14.6 Å². The van der Waals surface area contributed by atoms with E-state index in [0.717, 1.165) is 5.56 Å². The van der Waals surface area contributed by atoms with Crippen LogP contribution in [0.25, 0.3) is 0 Å². The zero-order chi connectivity index (χ0) is 14.4. The van der Waals surface area contributed by atoms with Gasteiger partial charge in [0.15, 0.2) is 17.6 Å². The summed E-state index contributed by atoms with van der Waals surface area (Å²) in [6.45, 7) is 0.392. The van der Waals surface area contributed by atoms with E-state index in [2.05, 4.69) is 0 Å². The number of aliphatic hydroxyl groups is 1. The van der Waals surface area contributed by atoms with Crippen LogP contribution in [0, 0.1) is 11.3 Å². The first-order chi connectivity index (χ1) is 9.74. The van der Waals surface area contributed by atoms with Crippen molar-refractivity contribution < 1.29 is 14.6 Å². The Hall–Kier alpha value is -2.51. The van der Waals surface area contributed by atoms with Crippen molar-refractivity contribution in [3.05, 3.63) is 59.7 Å². The van der Waals surface area contributed by atoms with Crippen molar-refractivity contribution in [2.45, 2.75) is 12.7 Å². The van der Waals surface area contributed by atoms with Gasteiger partial charge in [-0.2, -0.15) is 5.26 Å². The topological polar surface area (TPSA) is 62.5 Å². The lowest BCUT2D eigenvalue weighted by Crippen LogP contribution is -2.00. The third-order valence-corrected chi connectivity index (χ3v) is 2.86. The molecule has 0 saturated heterocycles. The fraction of sp³-hybridized carbons (Fsp3) is 0.188. The van der Waals surface area contributed by atoms with Crippen molar-refractivity contribution in [1.82, 2.24) is 0 Å². The number of hydrogen-bond donors (Lipinski definition) is 1. The highest BCUT2D eigenvalue weighted by Gasteiger charge is 2.11. The molecule has 1 atom stereocenters. The molecule has 1 unspecified atom stereocenters. The highest BCUT2D eigenvalue weighted by atomic mass is 16.5. The summed E-state index contributed by atoms with van der Waals surface area (Å²) in [4.78, 5) is 0. The standard InChI is InChI=1S/C16H15NO3/c1-19-15-8-7-13(14(18)10-17)9-16(15)20-11-12-5-3-2-4-6-12/h2-9,14,18H,11H2,1H3. The number of benzene rings is 2. The van der Waals surface area contributed by atoms with Crippen LogP contribution in [-0.2, 0) is 6.61 Å². The molecule has 0 aliphatic rings. The van der Waals surface area contributed by atoms with Gasteiger partial charge in [0.2, 0.25) is 0 Å². The van der Waals surface area contributed by atoms with Crippen LogP contribution in [0.15, 0.2) is 48.5 Å². The molecular weight excluding hydrogens is 254 g/mol. The predicted octanol–water partition coefficient (Wildman–Crippen LogP) is 2.83. The molecule has 0 fully saturated rings. The van der Waals surface area contributed by atoms with Crippen molar-refractivity contribution in [2.75, 3.05) is 7.11 Å². The number of ether oxygens (including phenoxy) is 2. The molecule has 2 aromatic carbocycles. The maximum Gasteiger partial charge on any atom is 0.166 e. The number of hydrogen-bond acceptors (Lipinski definition) is 4. The first kappa shape index (κ1) is 13.9. The van der Waals surface area contributed by atoms with E-state index in [4.69, 9.17) is 14.7 Å². The molecule has 1 N–H and O–H groups in total. The van der Waals surface area contributed by atoms with E-state index < -0.39 is 6.10 Å². The van der Waals surface area contributed by atoms with E-state index in [1.807, 2.05) is 30.3 Å². The Morgan fingerprint density at radius 1 is 1.15 bits per heavy atom. The predicted molar refractivity (Wildman–Crippen MR) is 74.3 cm³/mol. The molecule has 102 valence electrons. The fourth-order valence-corrected chi connectivity index (χ4v) is 1.79. The summed E-state index contributed by atoms with van der Waals surface area (Å²) in [7, 11) is 1.55. The molecule has 0 aliphatic heterocycles. The number of rotatable bonds is 5. The van der Waals surface area contributed by atoms with Crippen molar-refractivity contribution in [3.63, 3.8) is 0 Å². The van der Waals surface area contributed by atoms with Crippen LogP contribution < -0.4 is 9.47 Å². The number of aliphatic hydroxyl groups excluding tert-OH is 1. The molecule has 0 aromatic heterocycles. The molecule has 0 aliphatic carbocycles. The van der Waals surface area contributed by atoms with Crippen LogP contribution in [0.2, 0.25) is 0 Å². The molecule has 4 heteroatoms. The molecule has 0 spiro atoms. The SMILES string of the molecule is COc1ccc(C(O)C#N)cc1OCc1ccccc1. The van der Waals surface area contributed by atoms with Crippen molar-refractivity contribution in [1.29, 1.82) is 5.26 Å². The number of methoxy groups -OCH3 is 1. The molecule has 2 aromatic rings. The van der Waals surface area contributed by atoms with Gasteiger partial charge in [0.25, 0.3) is 0 Å². The van der Waals surface area contributed by atoms with Gasteiger partial charge in [0.1, 0.15) is 6.61 Å². The third-order valence-electron chi connectivity index (χ3n) is 2.86. The molecule has 4 nitrogen and oxygen atoms in total. The van der Waals surface area contributed by atoms with Crippen molar-refractivity contribution in [2.24, 2.45) is 0 Å². The summed E-state index contributed by atoms with van der Waals surface area (Å²) in [5.74, 6) is 1.07. The highest BCUT2D eigenvalue weighted by molar-refractivity contribution is 5.44. The first-order valence-electron chi connectivity index (χ1n) is 6.17. The second-order valence-electron chi connectivity index (χ2n) is 4.22. The Morgan fingerprint density at radius 3 is 2.55 bits per heavy atom. The van der Waals surface area contributed by atoms with Crippen LogP contribution in [0.3, 0.4) is 0 Å². The van der Waals surface area contributed by atoms with Crippen LogP contribution in [-0.4, -0.2) is 12.2 Å². The Balaban J connectivity index is 2.18. The minimum atomic E-state index is -1.17. The van der Waals surface area contributed by atoms with E-state index in [9.17, 15) is 5.11 Å². The molecule has 2 rings (SSSR count). The van der Waals surface area contributed by atoms with E-state index in [0.29, 0.717) is 23.7 Å². The summed E-state index contributed by atoms with van der Waals surface area (Å²) in [6.07, 6.45) is -1.17. The fourth-order valence-electron chi connectivity index (χ4n) is 1.79. The van der Waals surface area contributed by atoms with Gasteiger partial charge in [-0.25, -0.2) is 0 Å². The maximum atomic E-state index is 9.55. The lowest BCUT2D eigenvalue weighted by atomic mass is 10.1. The minimum Gasteiger partial charge on any atom is -0.493 e. The molecule has 0 bridgehead atoms. The Bertz CT molecular complexity index is 605. The first-order valence-corrected chi connectivity index (χ1v) is 6.17. The lowest BCUT2D eigenvalue weighted by Gasteiger charge is -2.13. The Morgan fingerprint density at radius 2 is 1.90 bits per heavy atom. The molecule has 0 heterocycles. The largest absolute Gasteiger partial charge is 0.493 e. The summed E-state index contributed by atoms with van der Waals surface area (Å²) in [6, 6.07) is 16.4. The van der Waals surface area contributed by atoms with Crippen molar-refractivity contribution >= 4 is 0 Å². The monoisotopic (exact) mass is 269 g/mol. The smallest absolute Gasteiger partial charge is 0.166 e.